The van der Waals surface area contributed by atoms with E-state index in [1.165, 1.54) is 43.6 Å². The van der Waals surface area contributed by atoms with Crippen LogP contribution in [-0.4, -0.2) is 15.6 Å². The largest absolute Gasteiger partial charge is 0.308 e. The third-order valence-corrected chi connectivity index (χ3v) is 5.93. The molecule has 4 rings (SSSR count). The van der Waals surface area contributed by atoms with Crippen LogP contribution in [0.15, 0.2) is 5.38 Å². The van der Waals surface area contributed by atoms with E-state index >= 15 is 0 Å². The van der Waals surface area contributed by atoms with Crippen LogP contribution < -0.4 is 5.32 Å². The Labute approximate surface area is 106 Å². The second-order valence-corrected chi connectivity index (χ2v) is 6.65. The molecule has 1 aromatic heterocycles. The summed E-state index contributed by atoms with van der Waals surface area (Å²) < 4.78 is 3.92. The lowest BCUT2D eigenvalue weighted by Gasteiger charge is -2.32. The smallest absolute Gasteiger partial charge is 0.0893 e. The summed E-state index contributed by atoms with van der Waals surface area (Å²) in [6.07, 6.45) is 7.44. The number of fused-ring (bicyclic) bond motifs is 5. The second kappa shape index (κ2) is 4.02. The first kappa shape index (κ1) is 10.4. The highest BCUT2D eigenvalue weighted by Gasteiger charge is 2.53. The number of aromatic nitrogens is 2. The number of rotatable bonds is 3. The quantitative estimate of drug-likeness (QED) is 0.894. The zero-order chi connectivity index (χ0) is 11.2. The Morgan fingerprint density at radius 1 is 1.24 bits per heavy atom. The van der Waals surface area contributed by atoms with Gasteiger partial charge in [-0.15, -0.1) is 5.10 Å². The van der Waals surface area contributed by atoms with Crippen LogP contribution >= 0.6 is 11.5 Å². The zero-order valence-corrected chi connectivity index (χ0v) is 10.8. The van der Waals surface area contributed by atoms with E-state index in [1.54, 1.807) is 0 Å². The van der Waals surface area contributed by atoms with Gasteiger partial charge >= 0.3 is 0 Å². The normalized spacial score (nSPS) is 43.2. The summed E-state index contributed by atoms with van der Waals surface area (Å²) in [7, 11) is 0. The molecule has 0 aromatic carbocycles. The minimum absolute atomic E-state index is 0.765. The molecule has 1 N–H and O–H groups in total. The predicted octanol–water partition coefficient (Wildman–Crippen LogP) is 2.45. The molecule has 1 heterocycles. The van der Waals surface area contributed by atoms with Gasteiger partial charge in [0.15, 0.2) is 0 Å². The average molecular weight is 249 g/mol. The minimum atomic E-state index is 0.765. The molecule has 17 heavy (non-hydrogen) atoms. The van der Waals surface area contributed by atoms with Crippen molar-refractivity contribution in [2.45, 2.75) is 44.7 Å². The van der Waals surface area contributed by atoms with Crippen molar-refractivity contribution in [2.24, 2.45) is 23.7 Å². The Morgan fingerprint density at radius 3 is 3.06 bits per heavy atom. The maximum atomic E-state index is 4.11. The standard InChI is InChI=1S/C13H19N3S/c1-2-10-8-4-12(11(10)3-1)13(5-8)14-6-9-7-17-16-15-9/h7-8,10-14H,1-6H2. The highest BCUT2D eigenvalue weighted by atomic mass is 32.1. The van der Waals surface area contributed by atoms with Crippen molar-refractivity contribution in [1.82, 2.24) is 14.9 Å². The van der Waals surface area contributed by atoms with Crippen LogP contribution in [0, 0.1) is 23.7 Å². The van der Waals surface area contributed by atoms with Crippen molar-refractivity contribution in [3.05, 3.63) is 11.1 Å². The van der Waals surface area contributed by atoms with Crippen LogP contribution in [0.2, 0.25) is 0 Å². The van der Waals surface area contributed by atoms with E-state index in [9.17, 15) is 0 Å². The van der Waals surface area contributed by atoms with Gasteiger partial charge < -0.3 is 5.32 Å². The fourth-order valence-corrected chi connectivity index (χ4v) is 5.25. The summed E-state index contributed by atoms with van der Waals surface area (Å²) in [5.74, 6) is 4.16. The van der Waals surface area contributed by atoms with Gasteiger partial charge in [-0.2, -0.15) is 0 Å². The maximum absolute atomic E-state index is 4.11. The van der Waals surface area contributed by atoms with Crippen molar-refractivity contribution in [1.29, 1.82) is 0 Å². The summed E-state index contributed by atoms with van der Waals surface area (Å²) in [5.41, 5.74) is 1.11. The highest BCUT2D eigenvalue weighted by Crippen LogP contribution is 2.58. The Bertz CT molecular complexity index is 391. The van der Waals surface area contributed by atoms with Crippen molar-refractivity contribution >= 4 is 11.5 Å². The van der Waals surface area contributed by atoms with Crippen LogP contribution in [-0.2, 0) is 6.54 Å². The van der Waals surface area contributed by atoms with Gasteiger partial charge in [-0.05, 0) is 60.9 Å². The number of nitrogens with zero attached hydrogens (tertiary/aromatic N) is 2. The van der Waals surface area contributed by atoms with Crippen LogP contribution in [0.1, 0.15) is 37.8 Å². The molecule has 5 atom stereocenters. The van der Waals surface area contributed by atoms with Gasteiger partial charge in [0.1, 0.15) is 0 Å². The number of nitrogens with one attached hydrogen (secondary N) is 1. The molecule has 3 nitrogen and oxygen atoms in total. The van der Waals surface area contributed by atoms with E-state index in [0.717, 1.165) is 42.0 Å². The molecule has 92 valence electrons. The van der Waals surface area contributed by atoms with E-state index < -0.39 is 0 Å². The fourth-order valence-electron chi connectivity index (χ4n) is 4.80. The third-order valence-electron chi connectivity index (χ3n) is 5.38. The molecular formula is C13H19N3S. The van der Waals surface area contributed by atoms with E-state index in [0.29, 0.717) is 0 Å². The maximum Gasteiger partial charge on any atom is 0.0893 e. The van der Waals surface area contributed by atoms with Crippen LogP contribution in [0.5, 0.6) is 0 Å². The molecular weight excluding hydrogens is 230 g/mol. The zero-order valence-electron chi connectivity index (χ0n) is 10.0. The van der Waals surface area contributed by atoms with Crippen LogP contribution in [0.25, 0.3) is 0 Å². The van der Waals surface area contributed by atoms with Crippen LogP contribution in [0.3, 0.4) is 0 Å². The molecule has 4 heteroatoms. The topological polar surface area (TPSA) is 37.8 Å². The van der Waals surface area contributed by atoms with Gasteiger partial charge in [0.05, 0.1) is 5.69 Å². The molecule has 0 aliphatic heterocycles. The first-order valence-corrected chi connectivity index (χ1v) is 7.75. The van der Waals surface area contributed by atoms with E-state index in [1.807, 2.05) is 0 Å². The molecule has 3 aliphatic rings. The van der Waals surface area contributed by atoms with E-state index in [4.69, 9.17) is 0 Å². The lowest BCUT2D eigenvalue weighted by molar-refractivity contribution is 0.207. The third kappa shape index (κ3) is 1.65. The fraction of sp³-hybridized carbons (Fsp3) is 0.846. The summed E-state index contributed by atoms with van der Waals surface area (Å²) in [6.45, 7) is 0.918. The second-order valence-electron chi connectivity index (χ2n) is 6.04. The Balaban J connectivity index is 1.41. The Kier molecular flexibility index (Phi) is 2.47. The van der Waals surface area contributed by atoms with Gasteiger partial charge in [-0.1, -0.05) is 10.9 Å². The molecule has 0 saturated heterocycles. The predicted molar refractivity (Wildman–Crippen MR) is 67.6 cm³/mol. The molecule has 5 unspecified atom stereocenters. The average Bonchev–Trinajstić information content (AvgIpc) is 3.08. The monoisotopic (exact) mass is 249 g/mol. The molecule has 3 saturated carbocycles. The minimum Gasteiger partial charge on any atom is -0.308 e. The van der Waals surface area contributed by atoms with Gasteiger partial charge in [0.2, 0.25) is 0 Å². The first-order valence-electron chi connectivity index (χ1n) is 6.91. The molecule has 0 spiro atoms. The number of hydrogen-bond donors (Lipinski definition) is 1. The highest BCUT2D eigenvalue weighted by molar-refractivity contribution is 7.03. The summed E-state index contributed by atoms with van der Waals surface area (Å²) >= 11 is 1.45. The molecule has 3 aliphatic carbocycles. The molecule has 1 aromatic rings. The van der Waals surface area contributed by atoms with E-state index in [-0.39, 0.29) is 0 Å². The summed E-state index contributed by atoms with van der Waals surface area (Å²) in [5, 5.41) is 9.90. The molecule has 3 fully saturated rings. The number of hydrogen-bond acceptors (Lipinski definition) is 4. The first-order chi connectivity index (χ1) is 8.42. The molecule has 2 bridgehead atoms. The van der Waals surface area contributed by atoms with Crippen molar-refractivity contribution in [3.63, 3.8) is 0 Å². The van der Waals surface area contributed by atoms with Gasteiger partial charge in [0.25, 0.3) is 0 Å². The van der Waals surface area contributed by atoms with Gasteiger partial charge in [-0.25, -0.2) is 0 Å². The van der Waals surface area contributed by atoms with Crippen molar-refractivity contribution in [2.75, 3.05) is 0 Å². The van der Waals surface area contributed by atoms with Gasteiger partial charge in [-0.3, -0.25) is 0 Å². The summed E-state index contributed by atoms with van der Waals surface area (Å²) in [6, 6.07) is 0.765. The molecule has 0 amide bonds. The summed E-state index contributed by atoms with van der Waals surface area (Å²) in [4.78, 5) is 0. The van der Waals surface area contributed by atoms with E-state index in [2.05, 4.69) is 20.3 Å². The SMILES string of the molecule is c1snnc1CNC1CC2CC1C1CCCC21. The van der Waals surface area contributed by atoms with Gasteiger partial charge in [0, 0.05) is 18.0 Å². The molecule has 0 radical (unpaired) electrons. The van der Waals surface area contributed by atoms with Crippen molar-refractivity contribution in [3.8, 4) is 0 Å². The Hall–Kier alpha value is -0.480. The van der Waals surface area contributed by atoms with Crippen molar-refractivity contribution < 1.29 is 0 Å². The lowest BCUT2D eigenvalue weighted by Crippen LogP contribution is -2.38. The lowest BCUT2D eigenvalue weighted by atomic mass is 9.79. The Morgan fingerprint density at radius 2 is 2.18 bits per heavy atom. The van der Waals surface area contributed by atoms with Crippen LogP contribution in [0.4, 0.5) is 0 Å².